The van der Waals surface area contributed by atoms with Gasteiger partial charge in [0, 0.05) is 12.3 Å². The predicted octanol–water partition coefficient (Wildman–Crippen LogP) is 1.44. The highest BCUT2D eigenvalue weighted by molar-refractivity contribution is 5.15. The van der Waals surface area contributed by atoms with Crippen LogP contribution in [-0.2, 0) is 28.4 Å². The second-order valence-electron chi connectivity index (χ2n) is 18.7. The first-order valence-electron chi connectivity index (χ1n) is 20.3. The smallest absolute Gasteiger partial charge is 0.187 e. The van der Waals surface area contributed by atoms with Crippen molar-refractivity contribution in [1.29, 1.82) is 0 Å². The van der Waals surface area contributed by atoms with Crippen LogP contribution in [0.1, 0.15) is 91.9 Å². The normalized spacial score (nSPS) is 59.0. The molecule has 4 aliphatic heterocycles. The Morgan fingerprint density at radius 1 is 0.673 bits per heavy atom. The molecule has 8 fully saturated rings. The molecule has 298 valence electrons. The third-order valence-electron chi connectivity index (χ3n) is 16.2. The summed E-state index contributed by atoms with van der Waals surface area (Å²) < 4.78 is 37.0. The van der Waals surface area contributed by atoms with Gasteiger partial charge in [-0.25, -0.2) is 0 Å². The molecule has 0 bridgehead atoms. The van der Waals surface area contributed by atoms with Gasteiger partial charge in [0.1, 0.15) is 48.8 Å². The molecule has 13 heteroatoms. The summed E-state index contributed by atoms with van der Waals surface area (Å²) in [5.41, 5.74) is 0.468. The molecule has 4 saturated carbocycles. The maximum atomic E-state index is 11.2. The highest BCUT2D eigenvalue weighted by Crippen LogP contribution is 2.71. The van der Waals surface area contributed by atoms with Crippen LogP contribution in [-0.4, -0.2) is 135 Å². The molecule has 0 amide bonds. The molecule has 4 saturated heterocycles. The van der Waals surface area contributed by atoms with Crippen molar-refractivity contribution >= 4 is 0 Å². The Bertz CT molecular complexity index is 1260. The number of ether oxygens (including phenoxy) is 6. The maximum Gasteiger partial charge on any atom is 0.187 e. The molecule has 1 spiro atoms. The Morgan fingerprint density at radius 3 is 2.08 bits per heavy atom. The van der Waals surface area contributed by atoms with Gasteiger partial charge in [-0.15, -0.1) is 0 Å². The van der Waals surface area contributed by atoms with Crippen molar-refractivity contribution in [2.75, 3.05) is 19.8 Å². The van der Waals surface area contributed by atoms with Crippen LogP contribution in [0.25, 0.3) is 0 Å². The molecule has 4 aliphatic carbocycles. The monoisotopic (exact) mass is 740 g/mol. The van der Waals surface area contributed by atoms with Crippen molar-refractivity contribution in [2.24, 2.45) is 52.3 Å². The number of aliphatic hydroxyl groups is 7. The summed E-state index contributed by atoms with van der Waals surface area (Å²) in [6.07, 6.45) is -3.66. The number of hydrogen-bond acceptors (Lipinski definition) is 13. The first-order valence-corrected chi connectivity index (χ1v) is 20.3. The summed E-state index contributed by atoms with van der Waals surface area (Å²) in [4.78, 5) is 0. The molecule has 8 aliphatic rings. The molecular weight excluding hydrogens is 676 g/mol. The lowest BCUT2D eigenvalue weighted by Crippen LogP contribution is -2.65. The van der Waals surface area contributed by atoms with Gasteiger partial charge >= 0.3 is 0 Å². The van der Waals surface area contributed by atoms with Crippen LogP contribution >= 0.6 is 0 Å². The number of fused-ring (bicyclic) bond motifs is 7. The van der Waals surface area contributed by atoms with Crippen LogP contribution in [0, 0.1) is 52.3 Å². The van der Waals surface area contributed by atoms with Crippen LogP contribution in [0.4, 0.5) is 0 Å². The average Bonchev–Trinajstić information content (AvgIpc) is 3.58. The van der Waals surface area contributed by atoms with E-state index in [1.807, 2.05) is 0 Å². The van der Waals surface area contributed by atoms with Gasteiger partial charge in [-0.3, -0.25) is 0 Å². The van der Waals surface area contributed by atoms with Crippen LogP contribution in [0.15, 0.2) is 0 Å². The van der Waals surface area contributed by atoms with E-state index in [9.17, 15) is 35.7 Å². The fraction of sp³-hybridized carbons (Fsp3) is 1.00. The summed E-state index contributed by atoms with van der Waals surface area (Å²) in [5, 5.41) is 72.8. The van der Waals surface area contributed by atoms with Gasteiger partial charge in [-0.2, -0.15) is 0 Å². The van der Waals surface area contributed by atoms with Gasteiger partial charge in [-0.1, -0.05) is 27.7 Å². The van der Waals surface area contributed by atoms with Crippen LogP contribution in [0.5, 0.6) is 0 Å². The number of aliphatic hydroxyl groups excluding tert-OH is 7. The van der Waals surface area contributed by atoms with Crippen LogP contribution in [0.2, 0.25) is 0 Å². The van der Waals surface area contributed by atoms with E-state index in [0.717, 1.165) is 45.1 Å². The molecule has 7 N–H and O–H groups in total. The van der Waals surface area contributed by atoms with Gasteiger partial charge < -0.3 is 64.2 Å². The summed E-state index contributed by atoms with van der Waals surface area (Å²) in [6, 6.07) is 0. The van der Waals surface area contributed by atoms with E-state index < -0.39 is 80.4 Å². The zero-order valence-electron chi connectivity index (χ0n) is 31.2. The first kappa shape index (κ1) is 38.4. The minimum atomic E-state index is -1.71. The highest BCUT2D eigenvalue weighted by atomic mass is 16.7. The molecule has 0 radical (unpaired) electrons. The van der Waals surface area contributed by atoms with Crippen molar-refractivity contribution in [3.05, 3.63) is 0 Å². The van der Waals surface area contributed by atoms with Crippen LogP contribution < -0.4 is 0 Å². The Morgan fingerprint density at radius 2 is 1.37 bits per heavy atom. The van der Waals surface area contributed by atoms with E-state index in [-0.39, 0.29) is 23.0 Å². The summed E-state index contributed by atoms with van der Waals surface area (Å²) in [7, 11) is 0. The van der Waals surface area contributed by atoms with E-state index >= 15 is 0 Å². The second kappa shape index (κ2) is 14.1. The topological polar surface area (TPSA) is 197 Å². The quantitative estimate of drug-likeness (QED) is 0.194. The fourth-order valence-electron chi connectivity index (χ4n) is 13.2. The van der Waals surface area contributed by atoms with E-state index in [4.69, 9.17) is 28.4 Å². The van der Waals surface area contributed by atoms with E-state index in [0.29, 0.717) is 41.4 Å². The minimum absolute atomic E-state index is 0.188. The van der Waals surface area contributed by atoms with Crippen molar-refractivity contribution in [1.82, 2.24) is 0 Å². The molecule has 0 aromatic carbocycles. The zero-order valence-corrected chi connectivity index (χ0v) is 31.2. The lowest BCUT2D eigenvalue weighted by atomic mass is 9.44. The third kappa shape index (κ3) is 5.98. The molecule has 8 rings (SSSR count). The Labute approximate surface area is 307 Å². The molecule has 19 unspecified atom stereocenters. The Hall–Kier alpha value is -0.520. The average molecular weight is 741 g/mol. The Kier molecular flexibility index (Phi) is 10.4. The van der Waals surface area contributed by atoms with Gasteiger partial charge in [0.2, 0.25) is 0 Å². The van der Waals surface area contributed by atoms with E-state index in [2.05, 4.69) is 27.7 Å². The van der Waals surface area contributed by atoms with E-state index in [1.54, 1.807) is 0 Å². The Balaban J connectivity index is 0.892. The molecule has 52 heavy (non-hydrogen) atoms. The molecule has 0 aromatic rings. The molecule has 0 aromatic heterocycles. The minimum Gasteiger partial charge on any atom is -0.394 e. The fourth-order valence-corrected chi connectivity index (χ4v) is 13.2. The number of hydrogen-bond donors (Lipinski definition) is 7. The van der Waals surface area contributed by atoms with Gasteiger partial charge in [0.25, 0.3) is 0 Å². The lowest BCUT2D eigenvalue weighted by Gasteiger charge is -2.61. The first-order chi connectivity index (χ1) is 24.7. The summed E-state index contributed by atoms with van der Waals surface area (Å²) in [5.74, 6) is 3.63. The zero-order chi connectivity index (χ0) is 36.9. The van der Waals surface area contributed by atoms with Gasteiger partial charge in [0.05, 0.1) is 32.0 Å². The number of rotatable bonds is 6. The van der Waals surface area contributed by atoms with E-state index in [1.165, 1.54) is 25.7 Å². The summed E-state index contributed by atoms with van der Waals surface area (Å²) in [6.45, 7) is 9.33. The lowest BCUT2D eigenvalue weighted by molar-refractivity contribution is -0.364. The maximum absolute atomic E-state index is 11.2. The van der Waals surface area contributed by atoms with Crippen molar-refractivity contribution < 1.29 is 64.2 Å². The molecule has 13 nitrogen and oxygen atoms in total. The van der Waals surface area contributed by atoms with Gasteiger partial charge in [0.15, 0.2) is 18.4 Å². The van der Waals surface area contributed by atoms with Crippen LogP contribution in [0.3, 0.4) is 0 Å². The standard InChI is InChI=1S/C39H64O13/c1-18-7-12-39(47-17-18)19(2)28-25(52-39)14-24-22-6-5-20-13-21(8-10-37(20,3)23(22)9-11-38(24,28)4)48-35-33(46)31(44)34(27(16-41)50-35)51-36-32(45)30(43)29(42)26(15-40)49-36/h18-36,40-46H,5-17H2,1-4H3/t18?,19?,20?,21?,22?,23?,24?,25?,26?,27?,28?,29?,30?,31?,32?,33?,34?,35?,36?,37-,38-,39+/m0/s1. The third-order valence-corrected chi connectivity index (χ3v) is 16.2. The highest BCUT2D eigenvalue weighted by Gasteiger charge is 2.69. The molecule has 22 atom stereocenters. The molecule has 4 heterocycles. The SMILES string of the molecule is CC1CC[C@@]2(OC1)OC1CC3C4CCC5CC(OC6OC(CO)C(OC7OC(CO)C(O)C(O)C7O)C(O)C6O)CC[C@]5(C)C4CC[C@]3(C)C1C2C. The largest absolute Gasteiger partial charge is 0.394 e. The van der Waals surface area contributed by atoms with Crippen molar-refractivity contribution in [3.8, 4) is 0 Å². The second-order valence-corrected chi connectivity index (χ2v) is 18.7. The molecular formula is C39H64O13. The predicted molar refractivity (Wildman–Crippen MR) is 183 cm³/mol. The van der Waals surface area contributed by atoms with Gasteiger partial charge in [-0.05, 0) is 104 Å². The van der Waals surface area contributed by atoms with Crippen molar-refractivity contribution in [3.63, 3.8) is 0 Å². The van der Waals surface area contributed by atoms with Crippen molar-refractivity contribution in [2.45, 2.75) is 171 Å². The summed E-state index contributed by atoms with van der Waals surface area (Å²) >= 11 is 0.